The van der Waals surface area contributed by atoms with Crippen LogP contribution < -0.4 is 11.1 Å². The summed E-state index contributed by atoms with van der Waals surface area (Å²) in [5.74, 6) is -0.302. The molecule has 4 N–H and O–H groups in total. The summed E-state index contributed by atoms with van der Waals surface area (Å²) in [6.45, 7) is 2.24. The molecule has 1 aromatic rings. The first-order valence-corrected chi connectivity index (χ1v) is 6.26. The zero-order chi connectivity index (χ0) is 14.3. The van der Waals surface area contributed by atoms with Crippen LogP contribution >= 0.6 is 0 Å². The summed E-state index contributed by atoms with van der Waals surface area (Å²) in [5, 5.41) is 12.7. The molecule has 5 heteroatoms. The molecular weight excluding hydrogens is 244 g/mol. The molecule has 19 heavy (non-hydrogen) atoms. The van der Waals surface area contributed by atoms with E-state index in [4.69, 9.17) is 10.5 Å². The molecule has 2 unspecified atom stereocenters. The molecular formula is C14H22N2O3. The molecule has 1 amide bonds. The van der Waals surface area contributed by atoms with Crippen molar-refractivity contribution in [3.05, 3.63) is 35.9 Å². The predicted molar refractivity (Wildman–Crippen MR) is 73.5 cm³/mol. The molecule has 0 aromatic heterocycles. The number of carbonyl (C=O) groups is 1. The smallest absolute Gasteiger partial charge is 0.241 e. The molecule has 2 atom stereocenters. The first kappa shape index (κ1) is 15.6. The van der Waals surface area contributed by atoms with Crippen molar-refractivity contribution in [1.29, 1.82) is 0 Å². The van der Waals surface area contributed by atoms with Crippen molar-refractivity contribution >= 4 is 5.91 Å². The predicted octanol–water partition coefficient (Wildman–Crippen LogP) is 0.590. The van der Waals surface area contributed by atoms with Crippen LogP contribution in [0.2, 0.25) is 0 Å². The van der Waals surface area contributed by atoms with E-state index >= 15 is 0 Å². The number of amides is 1. The van der Waals surface area contributed by atoms with Crippen LogP contribution in [-0.2, 0) is 9.53 Å². The molecule has 0 aliphatic heterocycles. The fourth-order valence-electron chi connectivity index (χ4n) is 1.61. The van der Waals surface area contributed by atoms with Gasteiger partial charge >= 0.3 is 0 Å². The molecule has 0 saturated carbocycles. The average Bonchev–Trinajstić information content (AvgIpc) is 2.43. The van der Waals surface area contributed by atoms with Gasteiger partial charge < -0.3 is 20.9 Å². The van der Waals surface area contributed by atoms with Crippen LogP contribution in [0.5, 0.6) is 0 Å². The fraction of sp³-hybridized carbons (Fsp3) is 0.500. The molecule has 106 valence electrons. The summed E-state index contributed by atoms with van der Waals surface area (Å²) < 4.78 is 4.90. The van der Waals surface area contributed by atoms with Gasteiger partial charge in [-0.2, -0.15) is 0 Å². The highest BCUT2D eigenvalue weighted by Gasteiger charge is 2.23. The second-order valence-electron chi connectivity index (χ2n) is 4.85. The average molecular weight is 266 g/mol. The molecule has 0 fully saturated rings. The maximum absolute atomic E-state index is 11.9. The number of ether oxygens (including phenoxy) is 1. The van der Waals surface area contributed by atoms with Gasteiger partial charge in [-0.05, 0) is 12.5 Å². The third-order valence-corrected chi connectivity index (χ3v) is 2.93. The van der Waals surface area contributed by atoms with Gasteiger partial charge in [-0.25, -0.2) is 0 Å². The second-order valence-corrected chi connectivity index (χ2v) is 4.85. The zero-order valence-electron chi connectivity index (χ0n) is 11.4. The Kier molecular flexibility index (Phi) is 5.95. The second kappa shape index (κ2) is 7.23. The van der Waals surface area contributed by atoms with Crippen LogP contribution in [0, 0.1) is 0 Å². The van der Waals surface area contributed by atoms with Crippen LogP contribution in [0.4, 0.5) is 0 Å². The molecule has 0 radical (unpaired) electrons. The molecule has 1 rings (SSSR count). The Labute approximate surface area is 113 Å². The number of hydrogen-bond acceptors (Lipinski definition) is 4. The third kappa shape index (κ3) is 5.38. The Morgan fingerprint density at radius 3 is 2.68 bits per heavy atom. The van der Waals surface area contributed by atoms with Crippen LogP contribution in [0.3, 0.4) is 0 Å². The number of methoxy groups -OCH3 is 1. The van der Waals surface area contributed by atoms with Gasteiger partial charge in [0.15, 0.2) is 0 Å². The summed E-state index contributed by atoms with van der Waals surface area (Å²) in [6, 6.07) is 8.40. The summed E-state index contributed by atoms with van der Waals surface area (Å²) in [4.78, 5) is 11.9. The Hall–Kier alpha value is -1.43. The highest BCUT2D eigenvalue weighted by atomic mass is 16.5. The molecule has 0 aliphatic carbocycles. The zero-order valence-corrected chi connectivity index (χ0v) is 11.4. The standard InChI is InChI=1S/C14H22N2O3/c1-14(18,8-9-19-2)10-16-13(17)12(15)11-6-4-3-5-7-11/h3-7,12,18H,8-10,15H2,1-2H3,(H,16,17). The van der Waals surface area contributed by atoms with Crippen LogP contribution in [0.25, 0.3) is 0 Å². The first-order chi connectivity index (χ1) is 8.96. The molecule has 0 bridgehead atoms. The maximum atomic E-state index is 11.9. The van der Waals surface area contributed by atoms with E-state index in [0.29, 0.717) is 13.0 Å². The number of hydrogen-bond donors (Lipinski definition) is 3. The van der Waals surface area contributed by atoms with Crippen LogP contribution in [0.1, 0.15) is 24.9 Å². The molecule has 5 nitrogen and oxygen atoms in total. The van der Waals surface area contributed by atoms with Gasteiger partial charge in [0.25, 0.3) is 0 Å². The van der Waals surface area contributed by atoms with Crippen molar-refractivity contribution in [3.63, 3.8) is 0 Å². The lowest BCUT2D eigenvalue weighted by Crippen LogP contribution is -2.44. The minimum atomic E-state index is -0.998. The van der Waals surface area contributed by atoms with E-state index in [1.165, 1.54) is 0 Å². The number of nitrogens with one attached hydrogen (secondary N) is 1. The minimum Gasteiger partial charge on any atom is -0.388 e. The van der Waals surface area contributed by atoms with Crippen molar-refractivity contribution in [2.75, 3.05) is 20.3 Å². The van der Waals surface area contributed by atoms with Crippen molar-refractivity contribution < 1.29 is 14.6 Å². The van der Waals surface area contributed by atoms with Gasteiger partial charge in [-0.15, -0.1) is 0 Å². The number of nitrogens with two attached hydrogens (primary N) is 1. The summed E-state index contributed by atoms with van der Waals surface area (Å²) in [5.41, 5.74) is 5.60. The molecule has 1 aromatic carbocycles. The molecule has 0 saturated heterocycles. The van der Waals surface area contributed by atoms with Gasteiger partial charge in [-0.3, -0.25) is 4.79 Å². The summed E-state index contributed by atoms with van der Waals surface area (Å²) in [6.07, 6.45) is 0.449. The third-order valence-electron chi connectivity index (χ3n) is 2.93. The van der Waals surface area contributed by atoms with Gasteiger partial charge in [0.05, 0.1) is 5.60 Å². The van der Waals surface area contributed by atoms with Gasteiger partial charge in [0, 0.05) is 26.7 Å². The van der Waals surface area contributed by atoms with E-state index in [1.54, 1.807) is 26.2 Å². The van der Waals surface area contributed by atoms with E-state index in [0.717, 1.165) is 5.56 Å². The first-order valence-electron chi connectivity index (χ1n) is 6.26. The Morgan fingerprint density at radius 1 is 1.47 bits per heavy atom. The number of rotatable bonds is 7. The normalized spacial score (nSPS) is 15.6. The summed E-state index contributed by atoms with van der Waals surface area (Å²) in [7, 11) is 1.57. The summed E-state index contributed by atoms with van der Waals surface area (Å²) >= 11 is 0. The number of carbonyl (C=O) groups excluding carboxylic acids is 1. The van der Waals surface area contributed by atoms with Gasteiger partial charge in [0.2, 0.25) is 5.91 Å². The van der Waals surface area contributed by atoms with E-state index in [-0.39, 0.29) is 12.5 Å². The van der Waals surface area contributed by atoms with Crippen LogP contribution in [0.15, 0.2) is 30.3 Å². The monoisotopic (exact) mass is 266 g/mol. The lowest BCUT2D eigenvalue weighted by atomic mass is 10.0. The molecule has 0 aliphatic rings. The van der Waals surface area contributed by atoms with Gasteiger partial charge in [0.1, 0.15) is 6.04 Å². The quantitative estimate of drug-likeness (QED) is 0.674. The van der Waals surface area contributed by atoms with E-state index in [1.807, 2.05) is 18.2 Å². The maximum Gasteiger partial charge on any atom is 0.241 e. The lowest BCUT2D eigenvalue weighted by Gasteiger charge is -2.24. The Bertz CT molecular complexity index is 393. The van der Waals surface area contributed by atoms with Crippen molar-refractivity contribution in [2.45, 2.75) is 25.0 Å². The molecule has 0 spiro atoms. The highest BCUT2D eigenvalue weighted by molar-refractivity contribution is 5.82. The van der Waals surface area contributed by atoms with E-state index in [9.17, 15) is 9.90 Å². The Balaban J connectivity index is 2.47. The van der Waals surface area contributed by atoms with E-state index in [2.05, 4.69) is 5.32 Å². The highest BCUT2D eigenvalue weighted by Crippen LogP contribution is 2.11. The largest absolute Gasteiger partial charge is 0.388 e. The van der Waals surface area contributed by atoms with Crippen LogP contribution in [-0.4, -0.2) is 36.9 Å². The Morgan fingerprint density at radius 2 is 2.11 bits per heavy atom. The van der Waals surface area contributed by atoms with E-state index < -0.39 is 11.6 Å². The SMILES string of the molecule is COCCC(C)(O)CNC(=O)C(N)c1ccccc1. The van der Waals surface area contributed by atoms with Crippen molar-refractivity contribution in [3.8, 4) is 0 Å². The van der Waals surface area contributed by atoms with Crippen molar-refractivity contribution in [1.82, 2.24) is 5.32 Å². The minimum absolute atomic E-state index is 0.149. The number of benzene rings is 1. The topological polar surface area (TPSA) is 84.6 Å². The van der Waals surface area contributed by atoms with Gasteiger partial charge in [-0.1, -0.05) is 30.3 Å². The fourth-order valence-corrected chi connectivity index (χ4v) is 1.61. The van der Waals surface area contributed by atoms with Crippen molar-refractivity contribution in [2.24, 2.45) is 5.73 Å². The molecule has 0 heterocycles. The number of aliphatic hydroxyl groups is 1. The lowest BCUT2D eigenvalue weighted by molar-refractivity contribution is -0.123.